The van der Waals surface area contributed by atoms with Crippen molar-refractivity contribution in [1.82, 2.24) is 8.87 Å². The minimum atomic E-state index is -3.81. The molecule has 0 spiro atoms. The Morgan fingerprint density at radius 2 is 1.97 bits per heavy atom. The molecule has 2 aliphatic rings. The Balaban J connectivity index is 1.57. The minimum Gasteiger partial charge on any atom is -0.486 e. The van der Waals surface area contributed by atoms with E-state index < -0.39 is 27.9 Å². The Labute approximate surface area is 209 Å². The van der Waals surface area contributed by atoms with Crippen molar-refractivity contribution >= 4 is 54.8 Å². The summed E-state index contributed by atoms with van der Waals surface area (Å²) < 4.78 is 46.4. The molecular weight excluding hydrogens is 514 g/mol. The predicted octanol–water partition coefficient (Wildman–Crippen LogP) is 2.38. The number of thiazole rings is 1. The van der Waals surface area contributed by atoms with Crippen molar-refractivity contribution in [2.45, 2.75) is 36.1 Å². The van der Waals surface area contributed by atoms with Gasteiger partial charge in [0, 0.05) is 18.7 Å². The van der Waals surface area contributed by atoms with Gasteiger partial charge in [-0.3, -0.25) is 9.59 Å². The number of carbonyl (C=O) groups excluding carboxylic acids is 2. The topological polar surface area (TPSA) is 116 Å². The first-order chi connectivity index (χ1) is 16.9. The first-order valence-corrected chi connectivity index (χ1v) is 14.2. The number of methoxy groups -OCH3 is 1. The van der Waals surface area contributed by atoms with Crippen LogP contribution in [-0.4, -0.2) is 62.1 Å². The third-order valence-electron chi connectivity index (χ3n) is 5.86. The molecule has 10 nitrogen and oxygen atoms in total. The van der Waals surface area contributed by atoms with E-state index in [1.54, 1.807) is 28.1 Å². The van der Waals surface area contributed by atoms with Crippen molar-refractivity contribution in [3.05, 3.63) is 34.4 Å². The normalized spacial score (nSPS) is 19.1. The van der Waals surface area contributed by atoms with Crippen molar-refractivity contribution in [1.29, 1.82) is 0 Å². The lowest BCUT2D eigenvalue weighted by Crippen LogP contribution is -2.47. The number of hydrogen-bond donors (Lipinski definition) is 0. The molecule has 3 aromatic rings. The highest BCUT2D eigenvalue weighted by Gasteiger charge is 2.38. The van der Waals surface area contributed by atoms with Crippen LogP contribution < -0.4 is 14.3 Å². The van der Waals surface area contributed by atoms with Gasteiger partial charge < -0.3 is 18.8 Å². The van der Waals surface area contributed by atoms with Gasteiger partial charge in [0.1, 0.15) is 30.0 Å². The van der Waals surface area contributed by atoms with Crippen molar-refractivity contribution < 1.29 is 32.2 Å². The number of benzene rings is 1. The molecule has 2 aliphatic heterocycles. The van der Waals surface area contributed by atoms with Crippen LogP contribution in [-0.2, 0) is 30.9 Å². The highest BCUT2D eigenvalue weighted by atomic mass is 32.2. The second-order valence-corrected chi connectivity index (χ2v) is 12.1. The van der Waals surface area contributed by atoms with Crippen LogP contribution in [0.25, 0.3) is 10.2 Å². The molecule has 186 valence electrons. The fourth-order valence-electron chi connectivity index (χ4n) is 4.17. The highest BCUT2D eigenvalue weighted by molar-refractivity contribution is 7.91. The van der Waals surface area contributed by atoms with Gasteiger partial charge in [0.25, 0.3) is 15.9 Å². The highest BCUT2D eigenvalue weighted by Crippen LogP contribution is 2.36. The van der Waals surface area contributed by atoms with E-state index in [0.717, 1.165) is 22.5 Å². The summed E-state index contributed by atoms with van der Waals surface area (Å²) in [5, 5.41) is 1.69. The van der Waals surface area contributed by atoms with Gasteiger partial charge in [-0.25, -0.2) is 8.42 Å². The molecule has 1 saturated heterocycles. The molecule has 1 amide bonds. The molecular formula is C22H23N3O7S3. The Bertz CT molecular complexity index is 1440. The largest absolute Gasteiger partial charge is 0.486 e. The lowest BCUT2D eigenvalue weighted by atomic mass is 10.0. The van der Waals surface area contributed by atoms with Crippen LogP contribution >= 0.6 is 22.7 Å². The fraction of sp³-hybridized carbons (Fsp3) is 0.409. The third-order valence-corrected chi connectivity index (χ3v) is 10.2. The van der Waals surface area contributed by atoms with Crippen molar-refractivity contribution in [2.24, 2.45) is 4.99 Å². The SMILES string of the molecule is COC(=O)Cn1c(=NC(=O)[C@H]2CCCCN2S(=O)(=O)c2cccs2)sc2cc3c(cc21)OCCO3. The number of rotatable bonds is 5. The van der Waals surface area contributed by atoms with Crippen LogP contribution in [0.2, 0.25) is 0 Å². The number of fused-ring (bicyclic) bond motifs is 2. The number of hydrogen-bond acceptors (Lipinski definition) is 9. The van der Waals surface area contributed by atoms with E-state index in [1.807, 2.05) is 0 Å². The predicted molar refractivity (Wildman–Crippen MR) is 129 cm³/mol. The second-order valence-electron chi connectivity index (χ2n) is 8.02. The number of sulfonamides is 1. The summed E-state index contributed by atoms with van der Waals surface area (Å²) in [6, 6.07) is 5.84. The van der Waals surface area contributed by atoms with Gasteiger partial charge in [-0.05, 0) is 24.3 Å². The average molecular weight is 538 g/mol. The molecule has 1 fully saturated rings. The number of carbonyl (C=O) groups is 2. The molecule has 1 aromatic carbocycles. The lowest BCUT2D eigenvalue weighted by molar-refractivity contribution is -0.141. The van der Waals surface area contributed by atoms with Gasteiger partial charge in [0.2, 0.25) is 0 Å². The van der Waals surface area contributed by atoms with Crippen molar-refractivity contribution in [3.63, 3.8) is 0 Å². The van der Waals surface area contributed by atoms with Crippen LogP contribution in [0.1, 0.15) is 19.3 Å². The van der Waals surface area contributed by atoms with Crippen LogP contribution in [0.4, 0.5) is 0 Å². The maximum absolute atomic E-state index is 13.4. The van der Waals surface area contributed by atoms with Gasteiger partial charge in [0.15, 0.2) is 16.3 Å². The summed E-state index contributed by atoms with van der Waals surface area (Å²) in [6.45, 7) is 0.926. The minimum absolute atomic E-state index is 0.163. The quantitative estimate of drug-likeness (QED) is 0.459. The third kappa shape index (κ3) is 4.60. The molecule has 0 saturated carbocycles. The Morgan fingerprint density at radius 1 is 1.20 bits per heavy atom. The molecule has 0 N–H and O–H groups in total. The summed E-state index contributed by atoms with van der Waals surface area (Å²) in [6.07, 6.45) is 1.77. The molecule has 4 heterocycles. The molecule has 0 unspecified atom stereocenters. The number of aromatic nitrogens is 1. The standard InChI is InChI=1S/C22H23N3O7S3/c1-30-19(26)13-24-15-11-16-17(32-9-8-31-16)12-18(15)34-22(24)23-21(27)14-5-2-3-7-25(14)35(28,29)20-6-4-10-33-20/h4,6,10-12,14H,2-3,5,7-9,13H2,1H3/t14-/m1/s1. The molecule has 13 heteroatoms. The number of ether oxygens (including phenoxy) is 3. The number of nitrogens with zero attached hydrogens (tertiary/aromatic N) is 3. The first kappa shape index (κ1) is 24.0. The Kier molecular flexibility index (Phi) is 6.66. The number of thiophene rings is 1. The number of amides is 1. The molecule has 2 aromatic heterocycles. The number of piperidine rings is 1. The zero-order valence-corrected chi connectivity index (χ0v) is 21.3. The summed E-state index contributed by atoms with van der Waals surface area (Å²) in [5.41, 5.74) is 0.642. The van der Waals surface area contributed by atoms with Gasteiger partial charge >= 0.3 is 5.97 Å². The van der Waals surface area contributed by atoms with E-state index in [2.05, 4.69) is 4.99 Å². The summed E-state index contributed by atoms with van der Waals surface area (Å²) in [5.74, 6) is 0.0486. The Morgan fingerprint density at radius 3 is 2.69 bits per heavy atom. The summed E-state index contributed by atoms with van der Waals surface area (Å²) in [7, 11) is -2.53. The number of esters is 1. The van der Waals surface area contributed by atoms with Gasteiger partial charge in [-0.15, -0.1) is 11.3 Å². The van der Waals surface area contributed by atoms with Gasteiger partial charge in [0.05, 0.1) is 17.3 Å². The maximum atomic E-state index is 13.4. The second kappa shape index (κ2) is 9.72. The van der Waals surface area contributed by atoms with E-state index in [-0.39, 0.29) is 22.1 Å². The smallest absolute Gasteiger partial charge is 0.325 e. The molecule has 0 bridgehead atoms. The molecule has 0 radical (unpaired) electrons. The van der Waals surface area contributed by atoms with Gasteiger partial charge in [-0.2, -0.15) is 9.30 Å². The molecule has 35 heavy (non-hydrogen) atoms. The average Bonchev–Trinajstić information content (AvgIpc) is 3.52. The molecule has 5 rings (SSSR count). The van der Waals surface area contributed by atoms with Crippen LogP contribution in [0.3, 0.4) is 0 Å². The van der Waals surface area contributed by atoms with Crippen LogP contribution in [0, 0.1) is 0 Å². The zero-order valence-electron chi connectivity index (χ0n) is 18.8. The van der Waals surface area contributed by atoms with Gasteiger partial charge in [-0.1, -0.05) is 23.8 Å². The monoisotopic (exact) mass is 537 g/mol. The summed E-state index contributed by atoms with van der Waals surface area (Å²) in [4.78, 5) is 30.2. The maximum Gasteiger partial charge on any atom is 0.325 e. The van der Waals surface area contributed by atoms with Crippen LogP contribution in [0.15, 0.2) is 38.8 Å². The van der Waals surface area contributed by atoms with E-state index in [9.17, 15) is 18.0 Å². The lowest BCUT2D eigenvalue weighted by Gasteiger charge is -2.31. The van der Waals surface area contributed by atoms with E-state index in [0.29, 0.717) is 43.1 Å². The molecule has 0 aliphatic carbocycles. The molecule has 1 atom stereocenters. The summed E-state index contributed by atoms with van der Waals surface area (Å²) >= 11 is 2.33. The van der Waals surface area contributed by atoms with E-state index in [4.69, 9.17) is 14.2 Å². The van der Waals surface area contributed by atoms with E-state index >= 15 is 0 Å². The van der Waals surface area contributed by atoms with Crippen molar-refractivity contribution in [3.8, 4) is 11.5 Å². The van der Waals surface area contributed by atoms with E-state index in [1.165, 1.54) is 28.8 Å². The van der Waals surface area contributed by atoms with Crippen molar-refractivity contribution in [2.75, 3.05) is 26.9 Å². The first-order valence-electron chi connectivity index (χ1n) is 11.0. The fourth-order valence-corrected chi connectivity index (χ4v) is 7.99. The Hall–Kier alpha value is -2.74. The van der Waals surface area contributed by atoms with Crippen LogP contribution in [0.5, 0.6) is 11.5 Å². The zero-order chi connectivity index (χ0) is 24.6.